The molecule has 19 heavy (non-hydrogen) atoms. The third-order valence-corrected chi connectivity index (χ3v) is 3.52. The van der Waals surface area contributed by atoms with Crippen molar-refractivity contribution in [2.75, 3.05) is 0 Å². The maximum absolute atomic E-state index is 6.01. The number of benzene rings is 1. The van der Waals surface area contributed by atoms with Crippen molar-refractivity contribution in [1.29, 1.82) is 0 Å². The Hall–Kier alpha value is -1.61. The molecule has 0 fully saturated rings. The summed E-state index contributed by atoms with van der Waals surface area (Å²) in [6, 6.07) is 8.88. The van der Waals surface area contributed by atoms with Gasteiger partial charge in [0.2, 0.25) is 0 Å². The molecule has 2 rings (SSSR count). The summed E-state index contributed by atoms with van der Waals surface area (Å²) in [5, 5.41) is 4.54. The Morgan fingerprint density at radius 3 is 2.47 bits per heavy atom. The lowest BCUT2D eigenvalue weighted by atomic mass is 10.0. The van der Waals surface area contributed by atoms with E-state index in [9.17, 15) is 0 Å². The second-order valence-electron chi connectivity index (χ2n) is 5.33. The molecule has 3 heteroatoms. The highest BCUT2D eigenvalue weighted by atomic mass is 15.3. The summed E-state index contributed by atoms with van der Waals surface area (Å²) in [5.41, 5.74) is 11.9. The smallest absolute Gasteiger partial charge is 0.0678 e. The SMILES string of the molecule is CCC(N)Cc1ccc(-n2nc(C)cc2C)c(C)c1. The molecule has 0 bridgehead atoms. The molecular weight excluding hydrogens is 234 g/mol. The molecule has 0 aliphatic heterocycles. The van der Waals surface area contributed by atoms with Crippen LogP contribution in [0.15, 0.2) is 24.3 Å². The summed E-state index contributed by atoms with van der Waals surface area (Å²) in [5.74, 6) is 0. The highest BCUT2D eigenvalue weighted by Crippen LogP contribution is 2.19. The van der Waals surface area contributed by atoms with E-state index in [4.69, 9.17) is 5.73 Å². The van der Waals surface area contributed by atoms with E-state index in [-0.39, 0.29) is 6.04 Å². The van der Waals surface area contributed by atoms with Gasteiger partial charge in [-0.1, -0.05) is 19.1 Å². The Balaban J connectivity index is 2.32. The maximum atomic E-state index is 6.01. The van der Waals surface area contributed by atoms with Gasteiger partial charge in [0.25, 0.3) is 0 Å². The second kappa shape index (κ2) is 5.57. The van der Waals surface area contributed by atoms with E-state index in [1.807, 2.05) is 11.6 Å². The molecule has 1 unspecified atom stereocenters. The van der Waals surface area contributed by atoms with Crippen molar-refractivity contribution in [2.45, 2.75) is 46.6 Å². The van der Waals surface area contributed by atoms with E-state index in [1.54, 1.807) is 0 Å². The zero-order chi connectivity index (χ0) is 14.0. The minimum absolute atomic E-state index is 0.249. The molecule has 1 atom stereocenters. The van der Waals surface area contributed by atoms with Crippen LogP contribution in [0.4, 0.5) is 0 Å². The highest BCUT2D eigenvalue weighted by molar-refractivity contribution is 5.43. The van der Waals surface area contributed by atoms with Crippen LogP contribution in [0.5, 0.6) is 0 Å². The van der Waals surface area contributed by atoms with E-state index >= 15 is 0 Å². The molecule has 2 aromatic rings. The number of aromatic nitrogens is 2. The van der Waals surface area contributed by atoms with Gasteiger partial charge in [0.05, 0.1) is 11.4 Å². The van der Waals surface area contributed by atoms with Gasteiger partial charge in [-0.25, -0.2) is 4.68 Å². The first-order chi connectivity index (χ1) is 9.01. The topological polar surface area (TPSA) is 43.8 Å². The van der Waals surface area contributed by atoms with Crippen LogP contribution in [0.1, 0.15) is 35.9 Å². The predicted octanol–water partition coefficient (Wildman–Crippen LogP) is 3.08. The molecule has 0 amide bonds. The monoisotopic (exact) mass is 257 g/mol. The fourth-order valence-electron chi connectivity index (χ4n) is 2.40. The molecule has 2 N–H and O–H groups in total. The Bertz CT molecular complexity index is 569. The lowest BCUT2D eigenvalue weighted by Crippen LogP contribution is -2.21. The summed E-state index contributed by atoms with van der Waals surface area (Å²) in [7, 11) is 0. The highest BCUT2D eigenvalue weighted by Gasteiger charge is 2.08. The van der Waals surface area contributed by atoms with Crippen molar-refractivity contribution >= 4 is 0 Å². The number of hydrogen-bond donors (Lipinski definition) is 1. The molecule has 1 aromatic carbocycles. The summed E-state index contributed by atoms with van der Waals surface area (Å²) in [6.45, 7) is 8.36. The minimum atomic E-state index is 0.249. The molecule has 0 spiro atoms. The van der Waals surface area contributed by atoms with Crippen LogP contribution in [-0.4, -0.2) is 15.8 Å². The first-order valence-corrected chi connectivity index (χ1v) is 6.90. The van der Waals surface area contributed by atoms with Crippen LogP contribution < -0.4 is 5.73 Å². The molecule has 102 valence electrons. The molecule has 0 aliphatic carbocycles. The first-order valence-electron chi connectivity index (χ1n) is 6.90. The number of nitrogens with zero attached hydrogens (tertiary/aromatic N) is 2. The summed E-state index contributed by atoms with van der Waals surface area (Å²) < 4.78 is 2.01. The quantitative estimate of drug-likeness (QED) is 0.914. The van der Waals surface area contributed by atoms with Crippen molar-refractivity contribution in [3.05, 3.63) is 46.8 Å². The van der Waals surface area contributed by atoms with E-state index in [1.165, 1.54) is 16.8 Å². The molecule has 0 saturated heterocycles. The zero-order valence-corrected chi connectivity index (χ0v) is 12.3. The van der Waals surface area contributed by atoms with Crippen molar-refractivity contribution in [1.82, 2.24) is 9.78 Å². The summed E-state index contributed by atoms with van der Waals surface area (Å²) >= 11 is 0. The summed E-state index contributed by atoms with van der Waals surface area (Å²) in [6.07, 6.45) is 1.95. The molecular formula is C16H23N3. The van der Waals surface area contributed by atoms with E-state index in [0.717, 1.165) is 24.2 Å². The third kappa shape index (κ3) is 3.04. The lowest BCUT2D eigenvalue weighted by Gasteiger charge is -2.13. The Morgan fingerprint density at radius 1 is 1.21 bits per heavy atom. The van der Waals surface area contributed by atoms with Crippen LogP contribution in [0.2, 0.25) is 0 Å². The summed E-state index contributed by atoms with van der Waals surface area (Å²) in [4.78, 5) is 0. The molecule has 1 aromatic heterocycles. The molecule has 3 nitrogen and oxygen atoms in total. The Kier molecular flexibility index (Phi) is 4.05. The van der Waals surface area contributed by atoms with Crippen LogP contribution in [0, 0.1) is 20.8 Å². The number of rotatable bonds is 4. The van der Waals surface area contributed by atoms with Crippen LogP contribution >= 0.6 is 0 Å². The number of nitrogens with two attached hydrogens (primary N) is 1. The molecule has 0 aliphatic rings. The fourth-order valence-corrected chi connectivity index (χ4v) is 2.40. The molecule has 1 heterocycles. The standard InChI is InChI=1S/C16H23N3/c1-5-15(17)10-14-6-7-16(11(2)8-14)19-13(4)9-12(3)18-19/h6-9,15H,5,10,17H2,1-4H3. The van der Waals surface area contributed by atoms with Gasteiger partial charge in [0.1, 0.15) is 0 Å². The van der Waals surface area contributed by atoms with Gasteiger partial charge in [0.15, 0.2) is 0 Å². The predicted molar refractivity (Wildman–Crippen MR) is 79.7 cm³/mol. The van der Waals surface area contributed by atoms with E-state index in [2.05, 4.69) is 50.1 Å². The van der Waals surface area contributed by atoms with Gasteiger partial charge >= 0.3 is 0 Å². The van der Waals surface area contributed by atoms with Crippen molar-refractivity contribution in [3.8, 4) is 5.69 Å². The van der Waals surface area contributed by atoms with Gasteiger partial charge in [-0.3, -0.25) is 0 Å². The Labute approximate surface area is 115 Å². The number of aryl methyl sites for hydroxylation is 3. The van der Waals surface area contributed by atoms with Gasteiger partial charge in [-0.05, 0) is 56.9 Å². The minimum Gasteiger partial charge on any atom is -0.327 e. The first kappa shape index (κ1) is 13.8. The molecule has 0 radical (unpaired) electrons. The Morgan fingerprint density at radius 2 is 1.95 bits per heavy atom. The second-order valence-corrected chi connectivity index (χ2v) is 5.33. The van der Waals surface area contributed by atoms with Crippen molar-refractivity contribution in [3.63, 3.8) is 0 Å². The van der Waals surface area contributed by atoms with Crippen LogP contribution in [-0.2, 0) is 6.42 Å². The van der Waals surface area contributed by atoms with Crippen LogP contribution in [0.25, 0.3) is 5.69 Å². The van der Waals surface area contributed by atoms with E-state index in [0.29, 0.717) is 0 Å². The van der Waals surface area contributed by atoms with E-state index < -0.39 is 0 Å². The number of hydrogen-bond acceptors (Lipinski definition) is 2. The molecule has 0 saturated carbocycles. The largest absolute Gasteiger partial charge is 0.327 e. The zero-order valence-electron chi connectivity index (χ0n) is 12.3. The maximum Gasteiger partial charge on any atom is 0.0678 e. The van der Waals surface area contributed by atoms with Gasteiger partial charge in [-0.2, -0.15) is 5.10 Å². The van der Waals surface area contributed by atoms with Crippen molar-refractivity contribution < 1.29 is 0 Å². The van der Waals surface area contributed by atoms with Crippen LogP contribution in [0.3, 0.4) is 0 Å². The fraction of sp³-hybridized carbons (Fsp3) is 0.438. The normalized spacial score (nSPS) is 12.7. The van der Waals surface area contributed by atoms with Gasteiger partial charge in [-0.15, -0.1) is 0 Å². The lowest BCUT2D eigenvalue weighted by molar-refractivity contribution is 0.646. The van der Waals surface area contributed by atoms with Gasteiger partial charge < -0.3 is 5.73 Å². The van der Waals surface area contributed by atoms with Crippen molar-refractivity contribution in [2.24, 2.45) is 5.73 Å². The average molecular weight is 257 g/mol. The van der Waals surface area contributed by atoms with Gasteiger partial charge in [0, 0.05) is 11.7 Å². The third-order valence-electron chi connectivity index (χ3n) is 3.52. The average Bonchev–Trinajstić information content (AvgIpc) is 2.68.